The smallest absolute Gasteiger partial charge is 0.259 e. The Labute approximate surface area is 179 Å². The van der Waals surface area contributed by atoms with E-state index in [1.807, 2.05) is 36.4 Å². The minimum Gasteiger partial charge on any atom is -0.493 e. The van der Waals surface area contributed by atoms with E-state index in [0.717, 1.165) is 32.1 Å². The molecule has 0 heterocycles. The Kier molecular flexibility index (Phi) is 7.89. The van der Waals surface area contributed by atoms with E-state index >= 15 is 0 Å². The third-order valence-corrected chi connectivity index (χ3v) is 5.45. The van der Waals surface area contributed by atoms with Crippen LogP contribution in [0.3, 0.4) is 0 Å². The Morgan fingerprint density at radius 2 is 1.67 bits per heavy atom. The number of ether oxygens (including phenoxy) is 1. The van der Waals surface area contributed by atoms with Crippen LogP contribution in [0.2, 0.25) is 0 Å². The molecule has 2 aromatic rings. The molecule has 0 unspecified atom stereocenters. The Morgan fingerprint density at radius 3 is 2.40 bits per heavy atom. The van der Waals surface area contributed by atoms with E-state index in [1.54, 1.807) is 12.1 Å². The monoisotopic (exact) mass is 408 g/mol. The number of hydrogen-bond acceptors (Lipinski definition) is 3. The lowest BCUT2D eigenvalue weighted by atomic mass is 9.88. The van der Waals surface area contributed by atoms with E-state index < -0.39 is 0 Å². The molecule has 30 heavy (non-hydrogen) atoms. The molecule has 2 N–H and O–H groups in total. The van der Waals surface area contributed by atoms with Crippen LogP contribution in [0.5, 0.6) is 5.75 Å². The molecule has 0 saturated heterocycles. The van der Waals surface area contributed by atoms with Gasteiger partial charge in [-0.3, -0.25) is 9.59 Å². The van der Waals surface area contributed by atoms with Crippen molar-refractivity contribution in [2.75, 3.05) is 17.2 Å². The molecule has 0 spiro atoms. The fraction of sp³-hybridized carbons (Fsp3) is 0.440. The fourth-order valence-electron chi connectivity index (χ4n) is 3.67. The van der Waals surface area contributed by atoms with Crippen molar-refractivity contribution in [1.82, 2.24) is 0 Å². The average Bonchev–Trinajstić information content (AvgIpc) is 2.74. The van der Waals surface area contributed by atoms with E-state index in [4.69, 9.17) is 4.74 Å². The fourth-order valence-corrected chi connectivity index (χ4v) is 3.67. The van der Waals surface area contributed by atoms with Gasteiger partial charge in [-0.25, -0.2) is 0 Å². The van der Waals surface area contributed by atoms with E-state index in [1.165, 1.54) is 6.42 Å². The average molecular weight is 409 g/mol. The first kappa shape index (κ1) is 21.9. The van der Waals surface area contributed by atoms with E-state index in [-0.39, 0.29) is 17.7 Å². The van der Waals surface area contributed by atoms with Gasteiger partial charge in [0.2, 0.25) is 5.91 Å². The molecule has 1 saturated carbocycles. The van der Waals surface area contributed by atoms with Gasteiger partial charge in [0.25, 0.3) is 5.91 Å². The van der Waals surface area contributed by atoms with Gasteiger partial charge in [0.15, 0.2) is 0 Å². The van der Waals surface area contributed by atoms with Gasteiger partial charge in [-0.15, -0.1) is 0 Å². The second-order valence-corrected chi connectivity index (χ2v) is 8.39. The van der Waals surface area contributed by atoms with Gasteiger partial charge in [-0.2, -0.15) is 0 Å². The quantitative estimate of drug-likeness (QED) is 0.573. The van der Waals surface area contributed by atoms with Crippen LogP contribution in [0, 0.1) is 11.8 Å². The molecule has 3 rings (SSSR count). The van der Waals surface area contributed by atoms with Crippen molar-refractivity contribution >= 4 is 23.2 Å². The molecule has 0 radical (unpaired) electrons. The molecule has 0 atom stereocenters. The zero-order chi connectivity index (χ0) is 21.3. The molecule has 0 aliphatic heterocycles. The molecular formula is C25H32N2O3. The normalized spacial score (nSPS) is 14.4. The third kappa shape index (κ3) is 6.34. The topological polar surface area (TPSA) is 67.4 Å². The van der Waals surface area contributed by atoms with Crippen LogP contribution in [-0.2, 0) is 4.79 Å². The Morgan fingerprint density at radius 1 is 0.967 bits per heavy atom. The minimum absolute atomic E-state index is 0.0714. The number of anilines is 2. The lowest BCUT2D eigenvalue weighted by Gasteiger charge is -2.21. The van der Waals surface area contributed by atoms with Crippen molar-refractivity contribution in [3.8, 4) is 5.75 Å². The number of hydrogen-bond donors (Lipinski definition) is 2. The predicted molar refractivity (Wildman–Crippen MR) is 121 cm³/mol. The van der Waals surface area contributed by atoms with Gasteiger partial charge in [0.1, 0.15) is 5.75 Å². The molecule has 1 aliphatic carbocycles. The molecule has 160 valence electrons. The summed E-state index contributed by atoms with van der Waals surface area (Å²) in [6.45, 7) is 4.86. The highest BCUT2D eigenvalue weighted by atomic mass is 16.5. The summed E-state index contributed by atoms with van der Waals surface area (Å²) in [4.78, 5) is 25.3. The largest absolute Gasteiger partial charge is 0.493 e. The number of rotatable bonds is 8. The number of para-hydroxylation sites is 1. The van der Waals surface area contributed by atoms with Gasteiger partial charge in [0.05, 0.1) is 12.2 Å². The Balaban J connectivity index is 1.63. The third-order valence-electron chi connectivity index (χ3n) is 5.45. The van der Waals surface area contributed by atoms with Gasteiger partial charge in [-0.1, -0.05) is 51.3 Å². The van der Waals surface area contributed by atoms with E-state index in [0.29, 0.717) is 35.2 Å². The maximum atomic E-state index is 12.8. The van der Waals surface area contributed by atoms with Crippen molar-refractivity contribution < 1.29 is 14.3 Å². The van der Waals surface area contributed by atoms with Crippen LogP contribution in [0.25, 0.3) is 0 Å². The van der Waals surface area contributed by atoms with Crippen molar-refractivity contribution in [3.63, 3.8) is 0 Å². The number of nitrogens with one attached hydrogen (secondary N) is 2. The summed E-state index contributed by atoms with van der Waals surface area (Å²) < 4.78 is 5.83. The molecule has 1 fully saturated rings. The summed E-state index contributed by atoms with van der Waals surface area (Å²) in [5.74, 6) is 1.05. The first-order chi connectivity index (χ1) is 14.5. The van der Waals surface area contributed by atoms with Crippen LogP contribution < -0.4 is 15.4 Å². The standard InChI is InChI=1S/C25H32N2O3/c1-18(2)15-16-30-23-14-7-6-13-22(23)25(29)27-21-12-8-11-20(17-21)26-24(28)19-9-4-3-5-10-19/h6-8,11-14,17-19H,3-5,9-10,15-16H2,1-2H3,(H,26,28)(H,27,29). The lowest BCUT2D eigenvalue weighted by molar-refractivity contribution is -0.120. The van der Waals surface area contributed by atoms with Crippen LogP contribution in [0.15, 0.2) is 48.5 Å². The van der Waals surface area contributed by atoms with Crippen molar-refractivity contribution in [2.24, 2.45) is 11.8 Å². The number of amides is 2. The zero-order valence-corrected chi connectivity index (χ0v) is 17.9. The van der Waals surface area contributed by atoms with E-state index in [9.17, 15) is 9.59 Å². The molecule has 5 nitrogen and oxygen atoms in total. The molecule has 1 aliphatic rings. The molecule has 2 amide bonds. The number of carbonyl (C=O) groups excluding carboxylic acids is 2. The van der Waals surface area contributed by atoms with Gasteiger partial charge < -0.3 is 15.4 Å². The lowest BCUT2D eigenvalue weighted by Crippen LogP contribution is -2.24. The summed E-state index contributed by atoms with van der Waals surface area (Å²) in [5, 5.41) is 5.92. The van der Waals surface area contributed by atoms with Crippen molar-refractivity contribution in [2.45, 2.75) is 52.4 Å². The minimum atomic E-state index is -0.231. The Bertz CT molecular complexity index is 857. The molecule has 0 aromatic heterocycles. The summed E-state index contributed by atoms with van der Waals surface area (Å²) in [5.41, 5.74) is 1.83. The van der Waals surface area contributed by atoms with Crippen LogP contribution in [0.1, 0.15) is 62.7 Å². The van der Waals surface area contributed by atoms with Crippen molar-refractivity contribution in [1.29, 1.82) is 0 Å². The number of benzene rings is 2. The van der Waals surface area contributed by atoms with Gasteiger partial charge in [-0.05, 0) is 55.5 Å². The zero-order valence-electron chi connectivity index (χ0n) is 17.9. The molecule has 5 heteroatoms. The van der Waals surface area contributed by atoms with Gasteiger partial charge in [0, 0.05) is 17.3 Å². The SMILES string of the molecule is CC(C)CCOc1ccccc1C(=O)Nc1cccc(NC(=O)C2CCCCC2)c1. The van der Waals surface area contributed by atoms with Crippen LogP contribution in [-0.4, -0.2) is 18.4 Å². The highest BCUT2D eigenvalue weighted by Crippen LogP contribution is 2.26. The predicted octanol–water partition coefficient (Wildman–Crippen LogP) is 5.88. The highest BCUT2D eigenvalue weighted by Gasteiger charge is 2.21. The summed E-state index contributed by atoms with van der Waals surface area (Å²) in [7, 11) is 0. The van der Waals surface area contributed by atoms with Crippen LogP contribution in [0.4, 0.5) is 11.4 Å². The Hall–Kier alpha value is -2.82. The van der Waals surface area contributed by atoms with Crippen molar-refractivity contribution in [3.05, 3.63) is 54.1 Å². The van der Waals surface area contributed by atoms with E-state index in [2.05, 4.69) is 24.5 Å². The molecule has 0 bridgehead atoms. The molecule has 2 aromatic carbocycles. The first-order valence-electron chi connectivity index (χ1n) is 11.0. The maximum Gasteiger partial charge on any atom is 0.259 e. The summed E-state index contributed by atoms with van der Waals surface area (Å²) in [6, 6.07) is 14.5. The molecular weight excluding hydrogens is 376 g/mol. The van der Waals surface area contributed by atoms with Gasteiger partial charge >= 0.3 is 0 Å². The number of carbonyl (C=O) groups is 2. The summed E-state index contributed by atoms with van der Waals surface area (Å²) >= 11 is 0. The second kappa shape index (κ2) is 10.8. The first-order valence-corrected chi connectivity index (χ1v) is 11.0. The maximum absolute atomic E-state index is 12.8. The van der Waals surface area contributed by atoms with Crippen LogP contribution >= 0.6 is 0 Å². The highest BCUT2D eigenvalue weighted by molar-refractivity contribution is 6.06. The summed E-state index contributed by atoms with van der Waals surface area (Å²) in [6.07, 6.45) is 6.29. The second-order valence-electron chi connectivity index (χ2n) is 8.39.